The number of anilines is 1. The number of nitrogens with one attached hydrogen (secondary N) is 2. The van der Waals surface area contributed by atoms with Crippen LogP contribution in [0.25, 0.3) is 0 Å². The second kappa shape index (κ2) is 10.9. The normalized spacial score (nSPS) is 31.1. The first kappa shape index (κ1) is 28.1. The Morgan fingerprint density at radius 2 is 1.82 bits per heavy atom. The Hall–Kier alpha value is -3.43. The summed E-state index contributed by atoms with van der Waals surface area (Å²) in [5, 5.41) is 16.2. The molecule has 0 saturated carbocycles. The van der Waals surface area contributed by atoms with E-state index < -0.39 is 35.1 Å². The smallest absolute Gasteiger partial charge is 0.246 e. The molecule has 0 aromatic heterocycles. The number of ether oxygens (including phenoxy) is 2. The zero-order valence-corrected chi connectivity index (χ0v) is 23.6. The molecule has 0 radical (unpaired) electrons. The van der Waals surface area contributed by atoms with Crippen molar-refractivity contribution in [1.29, 1.82) is 0 Å². The number of fused-ring (bicyclic) bond motifs is 1. The largest absolute Gasteiger partial charge is 0.494 e. The summed E-state index contributed by atoms with van der Waals surface area (Å²) in [4.78, 5) is 43.5. The van der Waals surface area contributed by atoms with Gasteiger partial charge in [-0.15, -0.1) is 0 Å². The van der Waals surface area contributed by atoms with E-state index in [2.05, 4.69) is 10.6 Å². The molecule has 3 aliphatic rings. The Balaban J connectivity index is 1.48. The van der Waals surface area contributed by atoms with Gasteiger partial charge in [0.1, 0.15) is 17.4 Å². The van der Waals surface area contributed by atoms with Crippen LogP contribution in [0.2, 0.25) is 0 Å². The van der Waals surface area contributed by atoms with Crippen molar-refractivity contribution in [3.8, 4) is 5.75 Å². The molecule has 7 atom stereocenters. The van der Waals surface area contributed by atoms with Crippen LogP contribution in [-0.2, 0) is 25.7 Å². The second-order valence-corrected chi connectivity index (χ2v) is 11.3. The number of nitrogens with zero attached hydrogens (tertiary/aromatic N) is 1. The van der Waals surface area contributed by atoms with E-state index in [-0.39, 0.29) is 30.2 Å². The summed E-state index contributed by atoms with van der Waals surface area (Å²) in [5.41, 5.74) is -0.585. The molecular weight excluding hydrogens is 510 g/mol. The molecule has 5 rings (SSSR count). The molecular formula is C31H39N3O6. The number of benzene rings is 2. The van der Waals surface area contributed by atoms with Gasteiger partial charge in [-0.3, -0.25) is 14.4 Å². The first-order chi connectivity index (χ1) is 19.2. The Bertz CT molecular complexity index is 1250. The molecule has 3 unspecified atom stereocenters. The van der Waals surface area contributed by atoms with Crippen LogP contribution in [0.15, 0.2) is 54.6 Å². The first-order valence-electron chi connectivity index (χ1n) is 14.2. The number of hydrogen-bond acceptors (Lipinski definition) is 6. The quantitative estimate of drug-likeness (QED) is 0.419. The topological polar surface area (TPSA) is 117 Å². The van der Waals surface area contributed by atoms with Crippen molar-refractivity contribution in [1.82, 2.24) is 10.2 Å². The third-order valence-electron chi connectivity index (χ3n) is 9.10. The minimum absolute atomic E-state index is 0.0776. The molecule has 2 bridgehead atoms. The highest BCUT2D eigenvalue weighted by Gasteiger charge is 2.80. The zero-order valence-electron chi connectivity index (χ0n) is 23.6. The van der Waals surface area contributed by atoms with Gasteiger partial charge < -0.3 is 30.1 Å². The summed E-state index contributed by atoms with van der Waals surface area (Å²) in [7, 11) is 0. The van der Waals surface area contributed by atoms with Crippen LogP contribution in [0.5, 0.6) is 5.75 Å². The molecule has 1 spiro atoms. The lowest BCUT2D eigenvalue weighted by atomic mass is 9.62. The van der Waals surface area contributed by atoms with Gasteiger partial charge in [-0.1, -0.05) is 44.2 Å². The molecule has 3 aliphatic heterocycles. The molecule has 40 heavy (non-hydrogen) atoms. The van der Waals surface area contributed by atoms with Crippen molar-refractivity contribution in [2.45, 2.75) is 70.4 Å². The van der Waals surface area contributed by atoms with Gasteiger partial charge in [0, 0.05) is 12.2 Å². The van der Waals surface area contributed by atoms with Crippen LogP contribution in [0, 0.1) is 17.8 Å². The SMILES string of the molecule is CCOc1ccc(NC(=O)[C@@H]2[C@H]3C(=O)N([C@@H](CC)CO)C(C(=O)NCc4ccccc4)C34CC(C)[C@@]2(C)O4)cc1. The molecule has 3 fully saturated rings. The maximum atomic E-state index is 14.2. The highest BCUT2D eigenvalue weighted by Crippen LogP contribution is 2.65. The first-order valence-corrected chi connectivity index (χ1v) is 14.2. The summed E-state index contributed by atoms with van der Waals surface area (Å²) in [6, 6.07) is 15.1. The van der Waals surface area contributed by atoms with E-state index >= 15 is 0 Å². The molecule has 2 aromatic carbocycles. The van der Waals surface area contributed by atoms with Gasteiger partial charge >= 0.3 is 0 Å². The minimum atomic E-state index is -1.17. The maximum Gasteiger partial charge on any atom is 0.246 e. The fourth-order valence-electron chi connectivity index (χ4n) is 7.09. The number of rotatable bonds is 10. The molecule has 9 nitrogen and oxygen atoms in total. The Kier molecular flexibility index (Phi) is 7.63. The van der Waals surface area contributed by atoms with E-state index in [0.29, 0.717) is 37.4 Å². The van der Waals surface area contributed by atoms with Crippen molar-refractivity contribution in [2.24, 2.45) is 17.8 Å². The van der Waals surface area contributed by atoms with Crippen molar-refractivity contribution >= 4 is 23.4 Å². The van der Waals surface area contributed by atoms with E-state index in [9.17, 15) is 19.5 Å². The molecule has 3 amide bonds. The maximum absolute atomic E-state index is 14.2. The van der Waals surface area contributed by atoms with Crippen LogP contribution in [0.3, 0.4) is 0 Å². The van der Waals surface area contributed by atoms with E-state index in [1.54, 1.807) is 24.3 Å². The predicted octanol–water partition coefficient (Wildman–Crippen LogP) is 3.12. The van der Waals surface area contributed by atoms with Crippen LogP contribution in [0.1, 0.15) is 46.1 Å². The Morgan fingerprint density at radius 3 is 2.45 bits per heavy atom. The van der Waals surface area contributed by atoms with E-state index in [1.807, 2.05) is 58.0 Å². The molecule has 3 N–H and O–H groups in total. The van der Waals surface area contributed by atoms with Crippen LogP contribution in [0.4, 0.5) is 5.69 Å². The lowest BCUT2D eigenvalue weighted by Gasteiger charge is -2.36. The number of carbonyl (C=O) groups is 3. The number of aliphatic hydroxyl groups excluding tert-OH is 1. The van der Waals surface area contributed by atoms with Gasteiger partial charge in [-0.2, -0.15) is 0 Å². The number of carbonyl (C=O) groups excluding carboxylic acids is 3. The Labute approximate surface area is 235 Å². The standard InChI is InChI=1S/C31H39N3O6/c1-5-22(18-35)34-26(28(37)32-17-20-10-8-7-9-11-20)31-16-19(3)30(4,40-31)24(25(31)29(34)38)27(36)33-21-12-14-23(15-13-21)39-6-2/h7-15,19,22,24-26,35H,5-6,16-18H2,1-4H3,(H,32,37)(H,33,36)/t19?,22-,24-,25-,26?,30+,31?/m0/s1. The molecule has 214 valence electrons. The third kappa shape index (κ3) is 4.45. The molecule has 3 heterocycles. The summed E-state index contributed by atoms with van der Waals surface area (Å²) < 4.78 is 12.2. The predicted molar refractivity (Wildman–Crippen MR) is 149 cm³/mol. The van der Waals surface area contributed by atoms with Crippen molar-refractivity contribution in [3.05, 3.63) is 60.2 Å². The van der Waals surface area contributed by atoms with Crippen molar-refractivity contribution in [2.75, 3.05) is 18.5 Å². The van der Waals surface area contributed by atoms with Gasteiger partial charge in [0.15, 0.2) is 0 Å². The van der Waals surface area contributed by atoms with Crippen LogP contribution in [-0.4, -0.2) is 64.2 Å². The van der Waals surface area contributed by atoms with Gasteiger partial charge in [0.2, 0.25) is 17.7 Å². The average molecular weight is 550 g/mol. The van der Waals surface area contributed by atoms with Gasteiger partial charge in [0.25, 0.3) is 0 Å². The van der Waals surface area contributed by atoms with E-state index in [4.69, 9.17) is 9.47 Å². The minimum Gasteiger partial charge on any atom is -0.494 e. The molecule has 9 heteroatoms. The zero-order chi connectivity index (χ0) is 28.7. The van der Waals surface area contributed by atoms with Crippen LogP contribution < -0.4 is 15.4 Å². The molecule has 2 aromatic rings. The molecule has 3 saturated heterocycles. The third-order valence-corrected chi connectivity index (χ3v) is 9.10. The summed E-state index contributed by atoms with van der Waals surface area (Å²) in [5.74, 6) is -2.00. The second-order valence-electron chi connectivity index (χ2n) is 11.3. The number of hydrogen-bond donors (Lipinski definition) is 3. The summed E-state index contributed by atoms with van der Waals surface area (Å²) >= 11 is 0. The fourth-order valence-corrected chi connectivity index (χ4v) is 7.09. The Morgan fingerprint density at radius 1 is 1.12 bits per heavy atom. The monoisotopic (exact) mass is 549 g/mol. The lowest BCUT2D eigenvalue weighted by molar-refractivity contribution is -0.150. The molecule has 0 aliphatic carbocycles. The summed E-state index contributed by atoms with van der Waals surface area (Å²) in [6.45, 7) is 8.21. The highest BCUT2D eigenvalue weighted by molar-refractivity contribution is 6.02. The van der Waals surface area contributed by atoms with Crippen molar-refractivity contribution in [3.63, 3.8) is 0 Å². The van der Waals surface area contributed by atoms with E-state index in [1.165, 1.54) is 4.90 Å². The summed E-state index contributed by atoms with van der Waals surface area (Å²) in [6.07, 6.45) is 0.928. The number of aliphatic hydroxyl groups is 1. The van der Waals surface area contributed by atoms with Crippen molar-refractivity contribution < 1.29 is 29.0 Å². The number of amides is 3. The van der Waals surface area contributed by atoms with Gasteiger partial charge in [0.05, 0.1) is 36.7 Å². The fraction of sp³-hybridized carbons (Fsp3) is 0.516. The lowest BCUT2D eigenvalue weighted by Crippen LogP contribution is -2.58. The number of likely N-dealkylation sites (tertiary alicyclic amines) is 1. The van der Waals surface area contributed by atoms with Gasteiger partial charge in [-0.05, 0) is 62.4 Å². The van der Waals surface area contributed by atoms with Gasteiger partial charge in [-0.25, -0.2) is 0 Å². The van der Waals surface area contributed by atoms with Crippen LogP contribution >= 0.6 is 0 Å². The average Bonchev–Trinajstić information content (AvgIpc) is 3.47. The highest BCUT2D eigenvalue weighted by atomic mass is 16.5. The van der Waals surface area contributed by atoms with E-state index in [0.717, 1.165) is 5.56 Å².